The van der Waals surface area contributed by atoms with Gasteiger partial charge in [0.05, 0.1) is 17.7 Å². The standard InChI is InChI=1S/C39H53N7O2.C4H10O/c1-27-33(23-36(47)48)38(45-20-13-39(3,4)14-21-45)37(28(2)42-27)30-8-9-31-25-46(17-10-29(31)22-30)35-24-34(40-26-41-35)44-18-11-32(12-19-44)43-15-6-5-7-16-43;1-4(2,3)5/h8-9,22,24,26,32H,5-7,10-21,23,25H2,1-4H3,(H,47,48);5H,1-3H3. The maximum Gasteiger partial charge on any atom is 0.307 e. The van der Waals surface area contributed by atoms with E-state index in [9.17, 15) is 9.90 Å². The topological polar surface area (TPSA) is 109 Å². The van der Waals surface area contributed by atoms with Gasteiger partial charge in [0, 0.05) is 73.9 Å². The van der Waals surface area contributed by atoms with Crippen LogP contribution in [0.2, 0.25) is 0 Å². The third kappa shape index (κ3) is 9.87. The summed E-state index contributed by atoms with van der Waals surface area (Å²) in [5, 5.41) is 18.4. The van der Waals surface area contributed by atoms with E-state index in [2.05, 4.69) is 64.6 Å². The Morgan fingerprint density at radius 3 is 2.11 bits per heavy atom. The number of carbonyl (C=O) groups is 1. The number of pyridine rings is 1. The Labute approximate surface area is 317 Å². The lowest BCUT2D eigenvalue weighted by Crippen LogP contribution is -2.47. The average Bonchev–Trinajstić information content (AvgIpc) is 3.12. The molecule has 10 nitrogen and oxygen atoms in total. The van der Waals surface area contributed by atoms with Crippen molar-refractivity contribution in [2.45, 2.75) is 124 Å². The highest BCUT2D eigenvalue weighted by Gasteiger charge is 2.31. The Bertz CT molecular complexity index is 1720. The van der Waals surface area contributed by atoms with Crippen LogP contribution in [0.4, 0.5) is 17.3 Å². The summed E-state index contributed by atoms with van der Waals surface area (Å²) < 4.78 is 0. The van der Waals surface area contributed by atoms with Crippen LogP contribution < -0.4 is 14.7 Å². The molecule has 0 aliphatic carbocycles. The molecule has 3 aromatic rings. The molecule has 1 aromatic carbocycles. The van der Waals surface area contributed by atoms with E-state index in [1.165, 1.54) is 56.3 Å². The number of aliphatic carboxylic acids is 1. The highest BCUT2D eigenvalue weighted by molar-refractivity contribution is 5.86. The Kier molecular flexibility index (Phi) is 12.0. The van der Waals surface area contributed by atoms with Gasteiger partial charge in [0.1, 0.15) is 18.0 Å². The zero-order valence-electron chi connectivity index (χ0n) is 33.4. The van der Waals surface area contributed by atoms with Gasteiger partial charge < -0.3 is 29.8 Å². The largest absolute Gasteiger partial charge is 0.481 e. The molecule has 2 N–H and O–H groups in total. The Balaban J connectivity index is 0.000000902. The van der Waals surface area contributed by atoms with Crippen molar-refractivity contribution in [3.8, 4) is 11.1 Å². The molecule has 0 amide bonds. The van der Waals surface area contributed by atoms with Crippen LogP contribution in [0.15, 0.2) is 30.6 Å². The van der Waals surface area contributed by atoms with Crippen molar-refractivity contribution in [1.82, 2.24) is 19.9 Å². The fourth-order valence-corrected chi connectivity index (χ4v) is 8.59. The number of carboxylic acid groups (broad SMARTS) is 1. The van der Waals surface area contributed by atoms with Crippen LogP contribution in [0.3, 0.4) is 0 Å². The van der Waals surface area contributed by atoms with E-state index in [1.807, 2.05) is 6.92 Å². The highest BCUT2D eigenvalue weighted by atomic mass is 16.4. The second kappa shape index (κ2) is 16.3. The van der Waals surface area contributed by atoms with Crippen molar-refractivity contribution in [2.24, 2.45) is 5.41 Å². The molecule has 0 unspecified atom stereocenters. The number of nitrogens with zero attached hydrogens (tertiary/aromatic N) is 7. The van der Waals surface area contributed by atoms with Crippen molar-refractivity contribution >= 4 is 23.3 Å². The number of anilines is 3. The fourth-order valence-electron chi connectivity index (χ4n) is 8.59. The van der Waals surface area contributed by atoms with Gasteiger partial charge in [-0.15, -0.1) is 0 Å². The van der Waals surface area contributed by atoms with Gasteiger partial charge in [-0.2, -0.15) is 0 Å². The number of rotatable bonds is 7. The van der Waals surface area contributed by atoms with Crippen LogP contribution in [0.5, 0.6) is 0 Å². The molecule has 3 saturated heterocycles. The van der Waals surface area contributed by atoms with Gasteiger partial charge in [-0.1, -0.05) is 38.5 Å². The van der Waals surface area contributed by atoms with Crippen LogP contribution in [-0.2, 0) is 24.2 Å². The Hall–Kier alpha value is -3.76. The molecule has 10 heteroatoms. The van der Waals surface area contributed by atoms with E-state index in [4.69, 9.17) is 20.1 Å². The molecular weight excluding hydrogens is 663 g/mol. The summed E-state index contributed by atoms with van der Waals surface area (Å²) in [4.78, 5) is 36.4. The summed E-state index contributed by atoms with van der Waals surface area (Å²) in [5.74, 6) is 1.24. The third-order valence-corrected chi connectivity index (χ3v) is 11.6. The van der Waals surface area contributed by atoms with Crippen molar-refractivity contribution < 1.29 is 15.0 Å². The molecule has 7 rings (SSSR count). The molecule has 0 spiro atoms. The summed E-state index contributed by atoms with van der Waals surface area (Å²) in [5.41, 5.74) is 8.40. The van der Waals surface area contributed by atoms with Crippen LogP contribution in [0, 0.1) is 19.3 Å². The summed E-state index contributed by atoms with van der Waals surface area (Å²) in [6, 6.07) is 9.74. The SMILES string of the molecule is CC(C)(C)O.Cc1nc(C)c(-c2ccc3c(c2)CCN(c2cc(N4CCC(N5CCCCC5)CC4)ncn2)C3)c(N2CCC(C)(C)CC2)c1CC(=O)O. The number of fused-ring (bicyclic) bond motifs is 1. The number of hydrogen-bond donors (Lipinski definition) is 2. The number of piperidine rings is 3. The zero-order valence-corrected chi connectivity index (χ0v) is 33.4. The molecule has 6 heterocycles. The number of aliphatic hydroxyl groups is 1. The molecule has 0 radical (unpaired) electrons. The van der Waals surface area contributed by atoms with Gasteiger partial charge in [0.15, 0.2) is 0 Å². The quantitative estimate of drug-likeness (QED) is 0.260. The lowest BCUT2D eigenvalue weighted by molar-refractivity contribution is -0.136. The van der Waals surface area contributed by atoms with Crippen molar-refractivity contribution in [1.29, 1.82) is 0 Å². The predicted molar refractivity (Wildman–Crippen MR) is 215 cm³/mol. The molecule has 0 saturated carbocycles. The lowest BCUT2D eigenvalue weighted by atomic mass is 9.82. The van der Waals surface area contributed by atoms with E-state index in [0.29, 0.717) is 5.41 Å². The minimum atomic E-state index is -0.811. The second-order valence-electron chi connectivity index (χ2n) is 17.6. The minimum absolute atomic E-state index is 0.0153. The Morgan fingerprint density at radius 1 is 0.830 bits per heavy atom. The van der Waals surface area contributed by atoms with Crippen molar-refractivity contribution in [3.05, 3.63) is 58.7 Å². The third-order valence-electron chi connectivity index (χ3n) is 11.6. The van der Waals surface area contributed by atoms with Crippen molar-refractivity contribution in [2.75, 3.05) is 60.5 Å². The molecule has 2 aromatic heterocycles. The zero-order chi connectivity index (χ0) is 37.9. The van der Waals surface area contributed by atoms with E-state index in [0.717, 1.165) is 110 Å². The maximum atomic E-state index is 12.1. The van der Waals surface area contributed by atoms with Gasteiger partial charge in [-0.3, -0.25) is 9.78 Å². The van der Waals surface area contributed by atoms with Crippen LogP contribution in [0.25, 0.3) is 11.1 Å². The molecule has 288 valence electrons. The van der Waals surface area contributed by atoms with Crippen LogP contribution >= 0.6 is 0 Å². The van der Waals surface area contributed by atoms with Gasteiger partial charge in [0.25, 0.3) is 0 Å². The van der Waals surface area contributed by atoms with E-state index in [-0.39, 0.29) is 6.42 Å². The van der Waals surface area contributed by atoms with E-state index >= 15 is 0 Å². The monoisotopic (exact) mass is 725 g/mol. The van der Waals surface area contributed by atoms with E-state index in [1.54, 1.807) is 27.1 Å². The first-order valence-corrected chi connectivity index (χ1v) is 20.0. The van der Waals surface area contributed by atoms with Crippen LogP contribution in [-0.4, -0.2) is 93.5 Å². The number of likely N-dealkylation sites (tertiary alicyclic amines) is 1. The molecule has 0 atom stereocenters. The first-order valence-electron chi connectivity index (χ1n) is 20.0. The predicted octanol–water partition coefficient (Wildman–Crippen LogP) is 7.20. The molecule has 4 aliphatic rings. The summed E-state index contributed by atoms with van der Waals surface area (Å²) >= 11 is 0. The summed E-state index contributed by atoms with van der Waals surface area (Å²) in [6.45, 7) is 22.1. The first kappa shape index (κ1) is 38.9. The average molecular weight is 726 g/mol. The van der Waals surface area contributed by atoms with Crippen LogP contribution in [0.1, 0.15) is 108 Å². The highest BCUT2D eigenvalue weighted by Crippen LogP contribution is 2.42. The number of carboxylic acids is 1. The van der Waals surface area contributed by atoms with Gasteiger partial charge in [-0.25, -0.2) is 9.97 Å². The normalized spacial score (nSPS) is 19.7. The number of hydrogen-bond acceptors (Lipinski definition) is 9. The first-order chi connectivity index (χ1) is 25.1. The van der Waals surface area contributed by atoms with Gasteiger partial charge in [0.2, 0.25) is 0 Å². The molecule has 0 bridgehead atoms. The van der Waals surface area contributed by atoms with Gasteiger partial charge in [-0.05, 0) is 115 Å². The maximum absolute atomic E-state index is 12.1. The summed E-state index contributed by atoms with van der Waals surface area (Å²) in [6.07, 6.45) is 11.3. The van der Waals surface area contributed by atoms with E-state index < -0.39 is 11.6 Å². The van der Waals surface area contributed by atoms with Gasteiger partial charge >= 0.3 is 5.97 Å². The minimum Gasteiger partial charge on any atom is -0.481 e. The lowest BCUT2D eigenvalue weighted by Gasteiger charge is -2.40. The Morgan fingerprint density at radius 2 is 1.47 bits per heavy atom. The number of aromatic nitrogens is 3. The number of benzene rings is 1. The molecule has 53 heavy (non-hydrogen) atoms. The second-order valence-corrected chi connectivity index (χ2v) is 17.6. The molecular formula is C43H63N7O3. The summed E-state index contributed by atoms with van der Waals surface area (Å²) in [7, 11) is 0. The van der Waals surface area contributed by atoms with Crippen molar-refractivity contribution in [3.63, 3.8) is 0 Å². The molecule has 4 aliphatic heterocycles. The smallest absolute Gasteiger partial charge is 0.307 e. The molecule has 3 fully saturated rings. The fraction of sp³-hybridized carbons (Fsp3) is 0.628. The number of aryl methyl sites for hydroxylation is 2.